The van der Waals surface area contributed by atoms with Gasteiger partial charge in [-0.15, -0.1) is 0 Å². The predicted molar refractivity (Wildman–Crippen MR) is 58.0 cm³/mol. The molecule has 1 rings (SSSR count). The number of nitro groups is 1. The van der Waals surface area contributed by atoms with E-state index < -0.39 is 11.0 Å². The molecule has 1 unspecified atom stereocenters. The number of nitriles is 1. The number of rotatable bonds is 4. The number of nitrogens with one attached hydrogen (secondary N) is 1. The highest BCUT2D eigenvalue weighted by Crippen LogP contribution is 2.25. The van der Waals surface area contributed by atoms with E-state index in [-0.39, 0.29) is 17.9 Å². The minimum Gasteiger partial charge on any atom is -0.392 e. The van der Waals surface area contributed by atoms with Crippen molar-refractivity contribution in [3.05, 3.63) is 33.9 Å². The van der Waals surface area contributed by atoms with Gasteiger partial charge in [0.1, 0.15) is 5.69 Å². The Morgan fingerprint density at radius 3 is 2.88 bits per heavy atom. The van der Waals surface area contributed by atoms with Gasteiger partial charge in [0, 0.05) is 12.6 Å². The molecule has 0 amide bonds. The first-order chi connectivity index (χ1) is 7.54. The van der Waals surface area contributed by atoms with Crippen LogP contribution >= 0.6 is 0 Å². The Labute approximate surface area is 92.3 Å². The van der Waals surface area contributed by atoms with Crippen LogP contribution in [0.3, 0.4) is 0 Å². The summed E-state index contributed by atoms with van der Waals surface area (Å²) in [6.45, 7) is 1.75. The first-order valence-corrected chi connectivity index (χ1v) is 4.65. The number of nitro benzene ring substituents is 1. The van der Waals surface area contributed by atoms with Gasteiger partial charge in [0.15, 0.2) is 0 Å². The second kappa shape index (κ2) is 5.09. The second-order valence-corrected chi connectivity index (χ2v) is 3.33. The van der Waals surface area contributed by atoms with Crippen molar-refractivity contribution in [2.24, 2.45) is 0 Å². The maximum absolute atomic E-state index is 10.7. The standard InChI is InChI=1S/C10H11N3O3/c1-7(14)6-12-9-4-8(5-11)2-3-10(9)13(15)16/h2-4,7,12,14H,6H2,1H3. The monoisotopic (exact) mass is 221 g/mol. The van der Waals surface area contributed by atoms with Crippen LogP contribution < -0.4 is 5.32 Å². The van der Waals surface area contributed by atoms with Crippen molar-refractivity contribution >= 4 is 11.4 Å². The van der Waals surface area contributed by atoms with Crippen molar-refractivity contribution < 1.29 is 10.0 Å². The fraction of sp³-hybridized carbons (Fsp3) is 0.300. The molecule has 6 heteroatoms. The van der Waals surface area contributed by atoms with Crippen LogP contribution in [-0.4, -0.2) is 22.7 Å². The van der Waals surface area contributed by atoms with Gasteiger partial charge in [-0.25, -0.2) is 0 Å². The SMILES string of the molecule is CC(O)CNc1cc(C#N)ccc1[N+](=O)[O-]. The van der Waals surface area contributed by atoms with Gasteiger partial charge in [0.25, 0.3) is 5.69 Å². The van der Waals surface area contributed by atoms with E-state index in [9.17, 15) is 10.1 Å². The zero-order valence-corrected chi connectivity index (χ0v) is 8.67. The second-order valence-electron chi connectivity index (χ2n) is 3.33. The van der Waals surface area contributed by atoms with Crippen LogP contribution in [0, 0.1) is 21.4 Å². The average molecular weight is 221 g/mol. The zero-order valence-electron chi connectivity index (χ0n) is 8.67. The first-order valence-electron chi connectivity index (χ1n) is 4.65. The molecule has 0 spiro atoms. The van der Waals surface area contributed by atoms with Crippen molar-refractivity contribution in [3.63, 3.8) is 0 Å². The highest BCUT2D eigenvalue weighted by atomic mass is 16.6. The fourth-order valence-electron chi connectivity index (χ4n) is 1.16. The van der Waals surface area contributed by atoms with E-state index in [1.54, 1.807) is 6.92 Å². The summed E-state index contributed by atoms with van der Waals surface area (Å²) < 4.78 is 0. The molecular formula is C10H11N3O3. The number of anilines is 1. The van der Waals surface area contributed by atoms with Gasteiger partial charge in [-0.05, 0) is 19.1 Å². The fourth-order valence-corrected chi connectivity index (χ4v) is 1.16. The van der Waals surface area contributed by atoms with Gasteiger partial charge < -0.3 is 10.4 Å². The molecule has 0 aliphatic carbocycles. The third-order valence-electron chi connectivity index (χ3n) is 1.91. The van der Waals surface area contributed by atoms with Crippen LogP contribution in [0.5, 0.6) is 0 Å². The van der Waals surface area contributed by atoms with Crippen molar-refractivity contribution in [3.8, 4) is 6.07 Å². The minimum atomic E-state index is -0.620. The van der Waals surface area contributed by atoms with Crippen molar-refractivity contribution in [2.45, 2.75) is 13.0 Å². The lowest BCUT2D eigenvalue weighted by Crippen LogP contribution is -2.16. The number of hydrogen-bond donors (Lipinski definition) is 2. The molecule has 0 bridgehead atoms. The molecule has 1 aromatic rings. The zero-order chi connectivity index (χ0) is 12.1. The summed E-state index contributed by atoms with van der Waals surface area (Å²) in [4.78, 5) is 10.2. The lowest BCUT2D eigenvalue weighted by molar-refractivity contribution is -0.384. The van der Waals surface area contributed by atoms with Crippen molar-refractivity contribution in [2.75, 3.05) is 11.9 Å². The molecule has 1 atom stereocenters. The van der Waals surface area contributed by atoms with E-state index in [1.165, 1.54) is 18.2 Å². The van der Waals surface area contributed by atoms with E-state index in [2.05, 4.69) is 5.32 Å². The number of nitrogens with zero attached hydrogens (tertiary/aromatic N) is 2. The molecule has 16 heavy (non-hydrogen) atoms. The molecule has 2 N–H and O–H groups in total. The molecule has 6 nitrogen and oxygen atoms in total. The molecule has 84 valence electrons. The largest absolute Gasteiger partial charge is 0.392 e. The van der Waals surface area contributed by atoms with E-state index in [0.717, 1.165) is 0 Å². The van der Waals surface area contributed by atoms with Gasteiger partial charge in [0.2, 0.25) is 0 Å². The lowest BCUT2D eigenvalue weighted by atomic mass is 10.2. The number of aliphatic hydroxyl groups excluding tert-OH is 1. The first kappa shape index (κ1) is 11.9. The molecular weight excluding hydrogens is 210 g/mol. The highest BCUT2D eigenvalue weighted by molar-refractivity contribution is 5.64. The maximum atomic E-state index is 10.7. The van der Waals surface area contributed by atoms with Crippen molar-refractivity contribution in [1.82, 2.24) is 0 Å². The normalized spacial score (nSPS) is 11.6. The summed E-state index contributed by atoms with van der Waals surface area (Å²) in [5.41, 5.74) is 0.461. The third kappa shape index (κ3) is 2.93. The summed E-state index contributed by atoms with van der Waals surface area (Å²) in [6, 6.07) is 5.93. The number of aliphatic hydroxyl groups is 1. The number of hydrogen-bond acceptors (Lipinski definition) is 5. The summed E-state index contributed by atoms with van der Waals surface area (Å²) >= 11 is 0. The van der Waals surface area contributed by atoms with Crippen LogP contribution in [0.2, 0.25) is 0 Å². The summed E-state index contributed by atoms with van der Waals surface area (Å²) in [6.07, 6.45) is -0.620. The Kier molecular flexibility index (Phi) is 3.80. The minimum absolute atomic E-state index is 0.111. The Morgan fingerprint density at radius 1 is 1.69 bits per heavy atom. The summed E-state index contributed by atoms with van der Waals surface area (Å²) in [7, 11) is 0. The Balaban J connectivity index is 3.02. The van der Waals surface area contributed by atoms with Gasteiger partial charge in [-0.1, -0.05) is 0 Å². The third-order valence-corrected chi connectivity index (χ3v) is 1.91. The number of benzene rings is 1. The molecule has 0 saturated carbocycles. The van der Waals surface area contributed by atoms with Gasteiger partial charge >= 0.3 is 0 Å². The molecule has 0 aromatic heterocycles. The molecule has 0 radical (unpaired) electrons. The highest BCUT2D eigenvalue weighted by Gasteiger charge is 2.14. The van der Waals surface area contributed by atoms with Gasteiger partial charge in [-0.3, -0.25) is 10.1 Å². The molecule has 1 aromatic carbocycles. The average Bonchev–Trinajstić information content (AvgIpc) is 2.25. The molecule has 0 saturated heterocycles. The lowest BCUT2D eigenvalue weighted by Gasteiger charge is -2.08. The van der Waals surface area contributed by atoms with Crippen LogP contribution in [0.15, 0.2) is 18.2 Å². The molecule has 0 fully saturated rings. The van der Waals surface area contributed by atoms with E-state index in [1.807, 2.05) is 6.07 Å². The van der Waals surface area contributed by atoms with Crippen molar-refractivity contribution in [1.29, 1.82) is 5.26 Å². The Morgan fingerprint density at radius 2 is 2.38 bits per heavy atom. The Hall–Kier alpha value is -2.13. The van der Waals surface area contributed by atoms with E-state index >= 15 is 0 Å². The van der Waals surface area contributed by atoms with Gasteiger partial charge in [0.05, 0.1) is 22.7 Å². The molecule has 0 aliphatic rings. The van der Waals surface area contributed by atoms with E-state index in [4.69, 9.17) is 10.4 Å². The van der Waals surface area contributed by atoms with E-state index in [0.29, 0.717) is 5.56 Å². The maximum Gasteiger partial charge on any atom is 0.292 e. The quantitative estimate of drug-likeness (QED) is 0.589. The predicted octanol–water partition coefficient (Wildman–Crippen LogP) is 1.26. The van der Waals surface area contributed by atoms with Crippen LogP contribution in [0.25, 0.3) is 0 Å². The van der Waals surface area contributed by atoms with Crippen LogP contribution in [0.1, 0.15) is 12.5 Å². The smallest absolute Gasteiger partial charge is 0.292 e. The molecule has 0 heterocycles. The summed E-state index contributed by atoms with van der Waals surface area (Å²) in [5, 5.41) is 31.2. The Bertz CT molecular complexity index is 437. The molecule has 0 aliphatic heterocycles. The van der Waals surface area contributed by atoms with Crippen LogP contribution in [-0.2, 0) is 0 Å². The summed E-state index contributed by atoms with van der Waals surface area (Å²) in [5.74, 6) is 0. The van der Waals surface area contributed by atoms with Gasteiger partial charge in [-0.2, -0.15) is 5.26 Å². The van der Waals surface area contributed by atoms with Crippen LogP contribution in [0.4, 0.5) is 11.4 Å². The topological polar surface area (TPSA) is 99.2 Å².